The molecule has 1 aliphatic carbocycles. The summed E-state index contributed by atoms with van der Waals surface area (Å²) in [6, 6.07) is 2.96. The van der Waals surface area contributed by atoms with Gasteiger partial charge in [-0.05, 0) is 60.2 Å². The number of piperidine rings is 1. The first-order chi connectivity index (χ1) is 10.8. The van der Waals surface area contributed by atoms with Gasteiger partial charge in [-0.2, -0.15) is 11.3 Å². The van der Waals surface area contributed by atoms with Crippen molar-refractivity contribution in [3.8, 4) is 0 Å². The van der Waals surface area contributed by atoms with Crippen LogP contribution in [-0.2, 0) is 13.1 Å². The molecule has 1 saturated carbocycles. The minimum Gasteiger partial charge on any atom is -0.317 e. The molecule has 1 saturated heterocycles. The zero-order chi connectivity index (χ0) is 15.0. The Morgan fingerprint density at radius 2 is 2.23 bits per heavy atom. The van der Waals surface area contributed by atoms with Crippen LogP contribution < -0.4 is 5.32 Å². The smallest absolute Gasteiger partial charge is 0.183 e. The monoisotopic (exact) mass is 353 g/mol. The number of halogens is 1. The van der Waals surface area contributed by atoms with Crippen LogP contribution in [0.3, 0.4) is 0 Å². The molecular formula is C16H20ClN3S2. The van der Waals surface area contributed by atoms with Gasteiger partial charge in [-0.3, -0.25) is 4.90 Å². The van der Waals surface area contributed by atoms with Gasteiger partial charge in [0.15, 0.2) is 4.47 Å². The Morgan fingerprint density at radius 3 is 2.91 bits per heavy atom. The van der Waals surface area contributed by atoms with Gasteiger partial charge in [0.1, 0.15) is 0 Å². The zero-order valence-corrected chi connectivity index (χ0v) is 14.8. The van der Waals surface area contributed by atoms with Crippen molar-refractivity contribution in [3.63, 3.8) is 0 Å². The number of thiophene rings is 1. The van der Waals surface area contributed by atoms with Crippen molar-refractivity contribution >= 4 is 34.3 Å². The van der Waals surface area contributed by atoms with Crippen LogP contribution in [0.25, 0.3) is 0 Å². The van der Waals surface area contributed by atoms with E-state index in [1.165, 1.54) is 42.8 Å². The van der Waals surface area contributed by atoms with Gasteiger partial charge in [0.2, 0.25) is 0 Å². The van der Waals surface area contributed by atoms with Crippen LogP contribution >= 0.6 is 34.3 Å². The van der Waals surface area contributed by atoms with Crippen molar-refractivity contribution in [1.82, 2.24) is 15.2 Å². The lowest BCUT2D eigenvalue weighted by molar-refractivity contribution is 0.189. The second kappa shape index (κ2) is 6.21. The van der Waals surface area contributed by atoms with E-state index in [0.29, 0.717) is 9.88 Å². The lowest BCUT2D eigenvalue weighted by Gasteiger charge is -2.29. The third-order valence-corrected chi connectivity index (χ3v) is 6.87. The number of rotatable bonds is 5. The molecule has 2 aliphatic rings. The Kier molecular flexibility index (Phi) is 4.26. The molecule has 2 fully saturated rings. The van der Waals surface area contributed by atoms with Gasteiger partial charge in [0.25, 0.3) is 0 Å². The fourth-order valence-corrected chi connectivity index (χ4v) is 5.42. The molecule has 0 unspecified atom stereocenters. The molecule has 0 aromatic carbocycles. The van der Waals surface area contributed by atoms with E-state index in [2.05, 4.69) is 32.0 Å². The summed E-state index contributed by atoms with van der Waals surface area (Å²) < 4.78 is 0.651. The van der Waals surface area contributed by atoms with E-state index in [-0.39, 0.29) is 0 Å². The molecule has 4 rings (SSSR count). The second-order valence-electron chi connectivity index (χ2n) is 6.45. The topological polar surface area (TPSA) is 28.2 Å². The van der Waals surface area contributed by atoms with Crippen LogP contribution in [0.5, 0.6) is 0 Å². The van der Waals surface area contributed by atoms with Crippen LogP contribution in [0.1, 0.15) is 29.7 Å². The summed E-state index contributed by atoms with van der Waals surface area (Å²) in [6.07, 6.45) is 5.93. The summed E-state index contributed by atoms with van der Waals surface area (Å²) in [7, 11) is 0. The molecule has 1 atom stereocenters. The van der Waals surface area contributed by atoms with E-state index >= 15 is 0 Å². The van der Waals surface area contributed by atoms with E-state index in [9.17, 15) is 0 Å². The second-order valence-corrected chi connectivity index (χ2v) is 8.93. The molecule has 1 aliphatic heterocycles. The van der Waals surface area contributed by atoms with Crippen molar-refractivity contribution in [2.24, 2.45) is 5.41 Å². The number of hydrogen-bond acceptors (Lipinski definition) is 5. The predicted octanol–water partition coefficient (Wildman–Crippen LogP) is 4.00. The normalized spacial score (nSPS) is 23.3. The van der Waals surface area contributed by atoms with E-state index in [1.54, 1.807) is 22.7 Å². The largest absolute Gasteiger partial charge is 0.317 e. The van der Waals surface area contributed by atoms with Crippen molar-refractivity contribution in [1.29, 1.82) is 0 Å². The van der Waals surface area contributed by atoms with Crippen LogP contribution in [-0.4, -0.2) is 29.0 Å². The molecule has 1 spiro atoms. The van der Waals surface area contributed by atoms with Gasteiger partial charge >= 0.3 is 0 Å². The zero-order valence-electron chi connectivity index (χ0n) is 12.4. The van der Waals surface area contributed by atoms with Gasteiger partial charge in [0.05, 0.1) is 0 Å². The molecule has 1 N–H and O–H groups in total. The quantitative estimate of drug-likeness (QED) is 0.880. The first-order valence-corrected chi connectivity index (χ1v) is 9.95. The molecule has 6 heteroatoms. The summed E-state index contributed by atoms with van der Waals surface area (Å²) in [6.45, 7) is 4.36. The minimum absolute atomic E-state index is 0.565. The van der Waals surface area contributed by atoms with Gasteiger partial charge in [0, 0.05) is 30.2 Å². The maximum absolute atomic E-state index is 6.01. The molecule has 118 valence electrons. The molecule has 0 radical (unpaired) electrons. The van der Waals surface area contributed by atoms with Crippen LogP contribution in [0.4, 0.5) is 0 Å². The molecule has 2 aromatic heterocycles. The third kappa shape index (κ3) is 3.10. The summed E-state index contributed by atoms with van der Waals surface area (Å²) in [5, 5.41) is 7.94. The highest BCUT2D eigenvalue weighted by atomic mass is 35.5. The van der Waals surface area contributed by atoms with Crippen LogP contribution in [0.15, 0.2) is 23.0 Å². The van der Waals surface area contributed by atoms with Crippen molar-refractivity contribution < 1.29 is 0 Å². The molecule has 0 bridgehead atoms. The van der Waals surface area contributed by atoms with E-state index in [1.807, 2.05) is 6.20 Å². The lowest BCUT2D eigenvalue weighted by Crippen LogP contribution is -2.35. The highest BCUT2D eigenvalue weighted by Gasteiger charge is 2.56. The van der Waals surface area contributed by atoms with Gasteiger partial charge in [-0.15, -0.1) is 11.3 Å². The average molecular weight is 354 g/mol. The van der Waals surface area contributed by atoms with Crippen LogP contribution in [0, 0.1) is 5.41 Å². The van der Waals surface area contributed by atoms with E-state index < -0.39 is 0 Å². The summed E-state index contributed by atoms with van der Waals surface area (Å²) in [5.41, 5.74) is 1.99. The number of thiazole rings is 1. The lowest BCUT2D eigenvalue weighted by atomic mass is 9.93. The first-order valence-electron chi connectivity index (χ1n) is 7.81. The standard InChI is InChI=1S/C16H20ClN3S2/c17-15-19-8-13(22-15)10-20(9-12-1-6-21-11-12)14-7-16(14)2-4-18-5-3-16/h1,6,8,11,14,18H,2-5,7,9-10H2/t14-/m0/s1. The molecule has 2 aromatic rings. The van der Waals surface area contributed by atoms with E-state index in [0.717, 1.165) is 19.1 Å². The first kappa shape index (κ1) is 15.1. The number of nitrogens with one attached hydrogen (secondary N) is 1. The van der Waals surface area contributed by atoms with E-state index in [4.69, 9.17) is 11.6 Å². The Balaban J connectivity index is 1.50. The fraction of sp³-hybridized carbons (Fsp3) is 0.562. The number of nitrogens with zero attached hydrogens (tertiary/aromatic N) is 2. The summed E-state index contributed by atoms with van der Waals surface area (Å²) >= 11 is 9.40. The molecule has 22 heavy (non-hydrogen) atoms. The minimum atomic E-state index is 0.565. The van der Waals surface area contributed by atoms with Crippen molar-refractivity contribution in [2.75, 3.05) is 13.1 Å². The van der Waals surface area contributed by atoms with Gasteiger partial charge in [-0.1, -0.05) is 11.6 Å². The van der Waals surface area contributed by atoms with Gasteiger partial charge in [-0.25, -0.2) is 4.98 Å². The Bertz CT molecular complexity index is 619. The summed E-state index contributed by atoms with van der Waals surface area (Å²) in [4.78, 5) is 8.12. The van der Waals surface area contributed by atoms with Crippen LogP contribution in [0.2, 0.25) is 4.47 Å². The average Bonchev–Trinajstić information content (AvgIpc) is 2.90. The Hall–Kier alpha value is -0.460. The van der Waals surface area contributed by atoms with Crippen molar-refractivity contribution in [3.05, 3.63) is 37.9 Å². The highest BCUT2D eigenvalue weighted by molar-refractivity contribution is 7.15. The maximum atomic E-state index is 6.01. The fourth-order valence-electron chi connectivity index (χ4n) is 3.75. The maximum Gasteiger partial charge on any atom is 0.183 e. The molecular weight excluding hydrogens is 334 g/mol. The Morgan fingerprint density at radius 1 is 1.36 bits per heavy atom. The highest BCUT2D eigenvalue weighted by Crippen LogP contribution is 2.56. The molecule has 3 nitrogen and oxygen atoms in total. The number of aromatic nitrogens is 1. The number of hydrogen-bond donors (Lipinski definition) is 1. The SMILES string of the molecule is Clc1ncc(CN(Cc2ccsc2)[C@H]2CC23CCNCC3)s1. The summed E-state index contributed by atoms with van der Waals surface area (Å²) in [5.74, 6) is 0. The van der Waals surface area contributed by atoms with Gasteiger partial charge < -0.3 is 5.32 Å². The predicted molar refractivity (Wildman–Crippen MR) is 93.6 cm³/mol. The third-order valence-electron chi connectivity index (χ3n) is 5.04. The molecule has 0 amide bonds. The Labute approximate surface area is 144 Å². The molecule has 3 heterocycles. The van der Waals surface area contributed by atoms with Crippen molar-refractivity contribution in [2.45, 2.75) is 38.4 Å².